The molecule has 6 nitrogen and oxygen atoms in total. The van der Waals surface area contributed by atoms with Crippen LogP contribution in [0.2, 0.25) is 10.0 Å². The molecule has 0 fully saturated rings. The zero-order valence-corrected chi connectivity index (χ0v) is 12.4. The van der Waals surface area contributed by atoms with Crippen LogP contribution in [0.5, 0.6) is 5.75 Å². The summed E-state index contributed by atoms with van der Waals surface area (Å²) in [5.74, 6) is -1.54. The second-order valence-electron chi connectivity index (χ2n) is 4.25. The maximum atomic E-state index is 11.8. The normalized spacial score (nSPS) is 10.1. The van der Waals surface area contributed by atoms with E-state index in [0.29, 0.717) is 10.7 Å². The zero-order chi connectivity index (χ0) is 16.3. The van der Waals surface area contributed by atoms with E-state index < -0.39 is 12.0 Å². The lowest BCUT2D eigenvalue weighted by atomic mass is 10.2. The number of rotatable bonds is 3. The van der Waals surface area contributed by atoms with Gasteiger partial charge in [-0.15, -0.1) is 0 Å². The highest BCUT2D eigenvalue weighted by molar-refractivity contribution is 6.42. The Morgan fingerprint density at radius 3 is 2.27 bits per heavy atom. The van der Waals surface area contributed by atoms with E-state index in [1.807, 2.05) is 0 Å². The van der Waals surface area contributed by atoms with Gasteiger partial charge in [-0.1, -0.05) is 23.2 Å². The van der Waals surface area contributed by atoms with Gasteiger partial charge in [0.2, 0.25) is 0 Å². The van der Waals surface area contributed by atoms with E-state index in [9.17, 15) is 14.7 Å². The predicted octanol–water partition coefficient (Wildman–Crippen LogP) is 4.04. The molecule has 0 saturated carbocycles. The number of halogens is 2. The number of carbonyl (C=O) groups is 2. The van der Waals surface area contributed by atoms with Crippen LogP contribution in [0.15, 0.2) is 36.4 Å². The van der Waals surface area contributed by atoms with Crippen LogP contribution >= 0.6 is 23.2 Å². The van der Waals surface area contributed by atoms with Crippen molar-refractivity contribution in [1.82, 2.24) is 0 Å². The summed E-state index contributed by atoms with van der Waals surface area (Å²) in [7, 11) is 0. The minimum atomic E-state index is -1.18. The van der Waals surface area contributed by atoms with Crippen molar-refractivity contribution in [1.29, 1.82) is 0 Å². The Morgan fingerprint density at radius 2 is 1.68 bits per heavy atom. The van der Waals surface area contributed by atoms with E-state index in [2.05, 4.69) is 10.6 Å². The van der Waals surface area contributed by atoms with Crippen LogP contribution in [0, 0.1) is 0 Å². The van der Waals surface area contributed by atoms with Crippen LogP contribution in [-0.4, -0.2) is 22.2 Å². The Balaban J connectivity index is 2.08. The first-order valence-corrected chi connectivity index (χ1v) is 6.72. The van der Waals surface area contributed by atoms with E-state index in [1.54, 1.807) is 6.07 Å². The molecular weight excluding hydrogens is 331 g/mol. The molecule has 0 saturated heterocycles. The monoisotopic (exact) mass is 340 g/mol. The highest BCUT2D eigenvalue weighted by Gasteiger charge is 2.10. The summed E-state index contributed by atoms with van der Waals surface area (Å²) in [5, 5.41) is 24.0. The molecular formula is C14H10Cl2N2O4. The molecule has 0 aromatic heterocycles. The zero-order valence-electron chi connectivity index (χ0n) is 10.9. The van der Waals surface area contributed by atoms with E-state index in [-0.39, 0.29) is 22.0 Å². The van der Waals surface area contributed by atoms with Crippen molar-refractivity contribution in [2.75, 3.05) is 10.6 Å². The van der Waals surface area contributed by atoms with E-state index in [4.69, 9.17) is 28.3 Å². The number of urea groups is 1. The Morgan fingerprint density at radius 1 is 0.955 bits per heavy atom. The van der Waals surface area contributed by atoms with Crippen LogP contribution < -0.4 is 10.6 Å². The first-order valence-electron chi connectivity index (χ1n) is 5.96. The van der Waals surface area contributed by atoms with Gasteiger partial charge in [-0.05, 0) is 36.4 Å². The van der Waals surface area contributed by atoms with E-state index >= 15 is 0 Å². The summed E-state index contributed by atoms with van der Waals surface area (Å²) in [4.78, 5) is 22.6. The van der Waals surface area contributed by atoms with Crippen LogP contribution in [0.3, 0.4) is 0 Å². The molecule has 114 valence electrons. The Hall–Kier alpha value is -2.44. The lowest BCUT2D eigenvalue weighted by Gasteiger charge is -2.10. The molecule has 4 N–H and O–H groups in total. The molecule has 0 aliphatic rings. The number of hydrogen-bond acceptors (Lipinski definition) is 3. The average molecular weight is 341 g/mol. The molecule has 2 aromatic rings. The fourth-order valence-electron chi connectivity index (χ4n) is 1.63. The third kappa shape index (κ3) is 3.81. The molecule has 8 heteroatoms. The van der Waals surface area contributed by atoms with Gasteiger partial charge in [-0.2, -0.15) is 0 Å². The SMILES string of the molecule is O=C(Nc1ccc(Cl)c(Cl)c1)Nc1ccc(C(=O)O)cc1O. The lowest BCUT2D eigenvalue weighted by molar-refractivity contribution is 0.0696. The van der Waals surface area contributed by atoms with Crippen molar-refractivity contribution >= 4 is 46.6 Å². The summed E-state index contributed by atoms with van der Waals surface area (Å²) < 4.78 is 0. The lowest BCUT2D eigenvalue weighted by Crippen LogP contribution is -2.19. The number of amides is 2. The van der Waals surface area contributed by atoms with Gasteiger partial charge in [-0.25, -0.2) is 9.59 Å². The Labute approximate surface area is 135 Å². The first-order chi connectivity index (χ1) is 10.4. The third-order valence-corrected chi connectivity index (χ3v) is 3.41. The maximum Gasteiger partial charge on any atom is 0.335 e. The molecule has 0 unspecified atom stereocenters. The summed E-state index contributed by atoms with van der Waals surface area (Å²) in [5.41, 5.74) is 0.393. The quantitative estimate of drug-likeness (QED) is 0.633. The summed E-state index contributed by atoms with van der Waals surface area (Å²) in [6.07, 6.45) is 0. The van der Waals surface area contributed by atoms with Gasteiger partial charge < -0.3 is 20.8 Å². The third-order valence-electron chi connectivity index (χ3n) is 2.67. The number of carboxylic acids is 1. The van der Waals surface area contributed by atoms with Gasteiger partial charge in [-0.3, -0.25) is 0 Å². The summed E-state index contributed by atoms with van der Waals surface area (Å²) in [6, 6.07) is 7.51. The fraction of sp³-hybridized carbons (Fsp3) is 0. The van der Waals surface area contributed by atoms with Crippen LogP contribution in [0.25, 0.3) is 0 Å². The van der Waals surface area contributed by atoms with Gasteiger partial charge in [0, 0.05) is 5.69 Å². The molecule has 2 amide bonds. The van der Waals surface area contributed by atoms with Crippen LogP contribution in [-0.2, 0) is 0 Å². The number of aromatic carboxylic acids is 1. The van der Waals surface area contributed by atoms with Gasteiger partial charge in [0.25, 0.3) is 0 Å². The van der Waals surface area contributed by atoms with Crippen molar-refractivity contribution in [3.05, 3.63) is 52.0 Å². The number of phenolic OH excluding ortho intramolecular Hbond substituents is 1. The average Bonchev–Trinajstić information content (AvgIpc) is 2.45. The highest BCUT2D eigenvalue weighted by Crippen LogP contribution is 2.26. The van der Waals surface area contributed by atoms with Crippen molar-refractivity contribution in [2.45, 2.75) is 0 Å². The second kappa shape index (κ2) is 6.55. The second-order valence-corrected chi connectivity index (χ2v) is 5.06. The summed E-state index contributed by atoms with van der Waals surface area (Å²) in [6.45, 7) is 0. The minimum Gasteiger partial charge on any atom is -0.506 e. The Bertz CT molecular complexity index is 750. The fourth-order valence-corrected chi connectivity index (χ4v) is 1.93. The molecule has 0 aliphatic carbocycles. The number of phenols is 1. The predicted molar refractivity (Wildman–Crippen MR) is 84.2 cm³/mol. The molecule has 0 radical (unpaired) electrons. The number of hydrogen-bond donors (Lipinski definition) is 4. The van der Waals surface area contributed by atoms with Gasteiger partial charge in [0.05, 0.1) is 21.3 Å². The molecule has 2 rings (SSSR count). The number of nitrogens with one attached hydrogen (secondary N) is 2. The molecule has 2 aromatic carbocycles. The Kier molecular flexibility index (Phi) is 4.75. The number of aromatic hydroxyl groups is 1. The molecule has 0 atom stereocenters. The number of anilines is 2. The molecule has 0 spiro atoms. The van der Waals surface area contributed by atoms with Crippen molar-refractivity contribution < 1.29 is 19.8 Å². The summed E-state index contributed by atoms with van der Waals surface area (Å²) >= 11 is 11.6. The van der Waals surface area contributed by atoms with Crippen molar-refractivity contribution in [3.8, 4) is 5.75 Å². The molecule has 22 heavy (non-hydrogen) atoms. The molecule has 0 heterocycles. The maximum absolute atomic E-state index is 11.8. The van der Waals surface area contributed by atoms with Crippen LogP contribution in [0.1, 0.15) is 10.4 Å². The number of carbonyl (C=O) groups excluding carboxylic acids is 1. The highest BCUT2D eigenvalue weighted by atomic mass is 35.5. The van der Waals surface area contributed by atoms with Gasteiger partial charge >= 0.3 is 12.0 Å². The number of benzene rings is 2. The first kappa shape index (κ1) is 15.9. The molecule has 0 bridgehead atoms. The van der Waals surface area contributed by atoms with Crippen LogP contribution in [0.4, 0.5) is 16.2 Å². The van der Waals surface area contributed by atoms with E-state index in [0.717, 1.165) is 6.07 Å². The molecule has 0 aliphatic heterocycles. The number of carboxylic acid groups (broad SMARTS) is 1. The van der Waals surface area contributed by atoms with Gasteiger partial charge in [0.15, 0.2) is 0 Å². The minimum absolute atomic E-state index is 0.0718. The van der Waals surface area contributed by atoms with Crippen molar-refractivity contribution in [2.24, 2.45) is 0 Å². The smallest absolute Gasteiger partial charge is 0.335 e. The van der Waals surface area contributed by atoms with Crippen molar-refractivity contribution in [3.63, 3.8) is 0 Å². The standard InChI is InChI=1S/C14H10Cl2N2O4/c15-9-3-2-8(6-10(9)16)17-14(22)18-11-4-1-7(13(20)21)5-12(11)19/h1-6,19H,(H,20,21)(H2,17,18,22). The topological polar surface area (TPSA) is 98.7 Å². The van der Waals surface area contributed by atoms with E-state index in [1.165, 1.54) is 24.3 Å². The largest absolute Gasteiger partial charge is 0.506 e. The van der Waals surface area contributed by atoms with Gasteiger partial charge in [0.1, 0.15) is 5.75 Å².